The van der Waals surface area contributed by atoms with Crippen molar-refractivity contribution in [2.75, 3.05) is 6.61 Å². The van der Waals surface area contributed by atoms with E-state index in [0.717, 1.165) is 21.8 Å². The van der Waals surface area contributed by atoms with Crippen molar-refractivity contribution in [2.45, 2.75) is 6.10 Å². The van der Waals surface area contributed by atoms with Crippen LogP contribution in [0.5, 0.6) is 0 Å². The van der Waals surface area contributed by atoms with Crippen LogP contribution in [0.2, 0.25) is 0 Å². The minimum Gasteiger partial charge on any atom is -0.393 e. The van der Waals surface area contributed by atoms with E-state index >= 15 is 0 Å². The number of benzene rings is 1. The van der Waals surface area contributed by atoms with Crippen LogP contribution in [0.25, 0.3) is 21.8 Å². The summed E-state index contributed by atoms with van der Waals surface area (Å²) >= 11 is 0. The molecule has 0 saturated heterocycles. The normalized spacial score (nSPS) is 13.3. The van der Waals surface area contributed by atoms with Gasteiger partial charge in [-0.25, -0.2) is 0 Å². The van der Waals surface area contributed by atoms with E-state index in [2.05, 4.69) is 9.97 Å². The largest absolute Gasteiger partial charge is 0.393 e. The summed E-state index contributed by atoms with van der Waals surface area (Å²) in [4.78, 5) is 7.36. The lowest BCUT2D eigenvalue weighted by Gasteiger charge is -2.06. The Hall–Kier alpha value is -1.91. The molecule has 17 heavy (non-hydrogen) atoms. The van der Waals surface area contributed by atoms with Crippen molar-refractivity contribution in [3.63, 3.8) is 0 Å². The van der Waals surface area contributed by atoms with Crippen LogP contribution in [0.3, 0.4) is 0 Å². The summed E-state index contributed by atoms with van der Waals surface area (Å²) in [6.45, 7) is -0.332. The van der Waals surface area contributed by atoms with Gasteiger partial charge in [-0.05, 0) is 12.1 Å². The Bertz CT molecular complexity index is 675. The zero-order valence-electron chi connectivity index (χ0n) is 9.09. The van der Waals surface area contributed by atoms with Gasteiger partial charge in [-0.15, -0.1) is 0 Å². The summed E-state index contributed by atoms with van der Waals surface area (Å²) in [5, 5.41) is 20.8. The Morgan fingerprint density at radius 1 is 1.18 bits per heavy atom. The van der Waals surface area contributed by atoms with Gasteiger partial charge in [0.2, 0.25) is 0 Å². The van der Waals surface area contributed by atoms with Gasteiger partial charge in [-0.2, -0.15) is 0 Å². The number of aromatic amines is 1. The summed E-state index contributed by atoms with van der Waals surface area (Å²) in [7, 11) is 0. The lowest BCUT2D eigenvalue weighted by molar-refractivity contribution is 0.0934. The van der Waals surface area contributed by atoms with E-state index in [4.69, 9.17) is 5.11 Å². The van der Waals surface area contributed by atoms with E-state index in [1.54, 1.807) is 6.20 Å². The zero-order chi connectivity index (χ0) is 11.8. The molecule has 86 valence electrons. The third-order valence-corrected chi connectivity index (χ3v) is 2.95. The molecule has 1 atom stereocenters. The molecule has 2 aromatic heterocycles. The van der Waals surface area contributed by atoms with Gasteiger partial charge < -0.3 is 15.2 Å². The molecule has 0 aliphatic heterocycles. The van der Waals surface area contributed by atoms with Gasteiger partial charge in [0.05, 0.1) is 17.8 Å². The smallest absolute Gasteiger partial charge is 0.121 e. The minimum absolute atomic E-state index is 0.332. The summed E-state index contributed by atoms with van der Waals surface area (Å²) in [6, 6.07) is 9.82. The minimum atomic E-state index is -0.952. The number of aliphatic hydroxyl groups is 2. The van der Waals surface area contributed by atoms with E-state index in [1.807, 2.05) is 30.3 Å². The number of rotatable bonds is 2. The third kappa shape index (κ3) is 1.50. The van der Waals surface area contributed by atoms with Gasteiger partial charge in [0.1, 0.15) is 6.10 Å². The lowest BCUT2D eigenvalue weighted by Crippen LogP contribution is -2.05. The van der Waals surface area contributed by atoms with E-state index < -0.39 is 6.10 Å². The molecule has 4 heteroatoms. The van der Waals surface area contributed by atoms with Gasteiger partial charge >= 0.3 is 0 Å². The molecule has 1 aromatic carbocycles. The molecule has 0 fully saturated rings. The average molecular weight is 228 g/mol. The quantitative estimate of drug-likeness (QED) is 0.625. The average Bonchev–Trinajstić information content (AvgIpc) is 2.76. The first-order valence-corrected chi connectivity index (χ1v) is 5.45. The first-order chi connectivity index (χ1) is 8.31. The molecule has 3 N–H and O–H groups in total. The van der Waals surface area contributed by atoms with Gasteiger partial charge in [0, 0.05) is 22.5 Å². The van der Waals surface area contributed by atoms with Crippen molar-refractivity contribution in [2.24, 2.45) is 0 Å². The molecule has 3 aromatic rings. The highest BCUT2D eigenvalue weighted by Crippen LogP contribution is 2.28. The molecule has 0 amide bonds. The molecule has 0 aliphatic carbocycles. The van der Waals surface area contributed by atoms with E-state index in [-0.39, 0.29) is 6.61 Å². The van der Waals surface area contributed by atoms with Gasteiger partial charge in [-0.3, -0.25) is 4.98 Å². The standard InChI is InChI=1S/C13H12N2O2/c16-7-11(17)13-12-9(5-6-14-13)8-3-1-2-4-10(8)15-12/h1-6,11,15-17H,7H2. The van der Waals surface area contributed by atoms with Gasteiger partial charge in [-0.1, -0.05) is 18.2 Å². The summed E-state index contributed by atoms with van der Waals surface area (Å²) in [5.74, 6) is 0. The summed E-state index contributed by atoms with van der Waals surface area (Å²) in [6.07, 6.45) is 0.698. The fourth-order valence-corrected chi connectivity index (χ4v) is 2.13. The molecule has 4 nitrogen and oxygen atoms in total. The number of aliphatic hydroxyl groups excluding tert-OH is 2. The molecule has 3 rings (SSSR count). The van der Waals surface area contributed by atoms with Crippen molar-refractivity contribution in [1.82, 2.24) is 9.97 Å². The second kappa shape index (κ2) is 3.84. The fraction of sp³-hybridized carbons (Fsp3) is 0.154. The van der Waals surface area contributed by atoms with Crippen LogP contribution < -0.4 is 0 Å². The number of para-hydroxylation sites is 1. The Morgan fingerprint density at radius 2 is 2.00 bits per heavy atom. The van der Waals surface area contributed by atoms with E-state index in [9.17, 15) is 5.11 Å². The highest BCUT2D eigenvalue weighted by molar-refractivity contribution is 6.07. The molecule has 0 spiro atoms. The second-order valence-corrected chi connectivity index (χ2v) is 3.99. The first kappa shape index (κ1) is 10.3. The number of hydrogen-bond acceptors (Lipinski definition) is 3. The maximum atomic E-state index is 9.72. The first-order valence-electron chi connectivity index (χ1n) is 5.45. The summed E-state index contributed by atoms with van der Waals surface area (Å²) in [5.41, 5.74) is 2.28. The molecule has 1 unspecified atom stereocenters. The third-order valence-electron chi connectivity index (χ3n) is 2.95. The fourth-order valence-electron chi connectivity index (χ4n) is 2.13. The van der Waals surface area contributed by atoms with E-state index in [0.29, 0.717) is 5.69 Å². The number of pyridine rings is 1. The number of hydrogen-bond donors (Lipinski definition) is 3. The second-order valence-electron chi connectivity index (χ2n) is 3.99. The SMILES string of the molecule is OCC(O)c1nccc2c1[nH]c1ccccc12. The molecule has 0 bridgehead atoms. The molecule has 2 heterocycles. The van der Waals surface area contributed by atoms with Crippen molar-refractivity contribution in [3.05, 3.63) is 42.2 Å². The van der Waals surface area contributed by atoms with Crippen molar-refractivity contribution in [3.8, 4) is 0 Å². The number of aromatic nitrogens is 2. The van der Waals surface area contributed by atoms with Crippen LogP contribution in [0.1, 0.15) is 11.8 Å². The Kier molecular flexibility index (Phi) is 2.31. The van der Waals surface area contributed by atoms with Crippen LogP contribution in [-0.4, -0.2) is 26.8 Å². The Morgan fingerprint density at radius 3 is 2.82 bits per heavy atom. The topological polar surface area (TPSA) is 69.1 Å². The van der Waals surface area contributed by atoms with Gasteiger partial charge in [0.15, 0.2) is 0 Å². The molecule has 0 radical (unpaired) electrons. The number of fused-ring (bicyclic) bond motifs is 3. The predicted molar refractivity (Wildman–Crippen MR) is 65.6 cm³/mol. The van der Waals surface area contributed by atoms with Gasteiger partial charge in [0.25, 0.3) is 0 Å². The summed E-state index contributed by atoms with van der Waals surface area (Å²) < 4.78 is 0. The van der Waals surface area contributed by atoms with Crippen LogP contribution in [0.4, 0.5) is 0 Å². The monoisotopic (exact) mass is 228 g/mol. The van der Waals surface area contributed by atoms with Crippen molar-refractivity contribution >= 4 is 21.8 Å². The zero-order valence-corrected chi connectivity index (χ0v) is 9.09. The number of nitrogens with one attached hydrogen (secondary N) is 1. The van der Waals surface area contributed by atoms with Crippen LogP contribution in [0, 0.1) is 0 Å². The molecular formula is C13H12N2O2. The van der Waals surface area contributed by atoms with Crippen molar-refractivity contribution in [1.29, 1.82) is 0 Å². The highest BCUT2D eigenvalue weighted by Gasteiger charge is 2.14. The maximum Gasteiger partial charge on any atom is 0.121 e. The van der Waals surface area contributed by atoms with Crippen LogP contribution in [0.15, 0.2) is 36.5 Å². The predicted octanol–water partition coefficient (Wildman–Crippen LogP) is 1.74. The highest BCUT2D eigenvalue weighted by atomic mass is 16.3. The van der Waals surface area contributed by atoms with E-state index in [1.165, 1.54) is 0 Å². The molecule has 0 saturated carbocycles. The molecular weight excluding hydrogens is 216 g/mol. The number of nitrogens with zero attached hydrogens (tertiary/aromatic N) is 1. The molecule has 0 aliphatic rings. The Labute approximate surface area is 97.5 Å². The Balaban J connectivity index is 2.39. The van der Waals surface area contributed by atoms with Crippen molar-refractivity contribution < 1.29 is 10.2 Å². The maximum absolute atomic E-state index is 9.72. The lowest BCUT2D eigenvalue weighted by atomic mass is 10.1. The number of H-pyrrole nitrogens is 1. The van der Waals surface area contributed by atoms with Crippen LogP contribution in [-0.2, 0) is 0 Å². The van der Waals surface area contributed by atoms with Crippen LogP contribution >= 0.6 is 0 Å².